The number of aromatic nitrogens is 1. The number of thiophene rings is 1. The zero-order valence-electron chi connectivity index (χ0n) is 16.6. The lowest BCUT2D eigenvalue weighted by molar-refractivity contribution is 0.0941. The van der Waals surface area contributed by atoms with Gasteiger partial charge in [0, 0.05) is 17.0 Å². The van der Waals surface area contributed by atoms with E-state index in [0.717, 1.165) is 17.0 Å². The lowest BCUT2D eigenvalue weighted by atomic mass is 10.1. The van der Waals surface area contributed by atoms with Crippen molar-refractivity contribution in [3.05, 3.63) is 69.2 Å². The molecule has 0 aliphatic heterocycles. The molecule has 6 nitrogen and oxygen atoms in total. The molecule has 0 aliphatic carbocycles. The van der Waals surface area contributed by atoms with E-state index in [1.165, 1.54) is 4.88 Å². The molecule has 28 heavy (non-hydrogen) atoms. The van der Waals surface area contributed by atoms with Gasteiger partial charge in [-0.1, -0.05) is 17.3 Å². The fourth-order valence-corrected chi connectivity index (χ4v) is 3.82. The molecule has 0 unspecified atom stereocenters. The second kappa shape index (κ2) is 9.03. The maximum absolute atomic E-state index is 12.6. The van der Waals surface area contributed by atoms with E-state index in [1.807, 2.05) is 51.5 Å². The predicted octanol–water partition coefficient (Wildman–Crippen LogP) is 3.96. The average Bonchev–Trinajstić information content (AvgIpc) is 3.31. The van der Waals surface area contributed by atoms with Gasteiger partial charge in [0.05, 0.1) is 17.3 Å². The summed E-state index contributed by atoms with van der Waals surface area (Å²) in [6.45, 7) is 4.63. The molecule has 0 aliphatic rings. The van der Waals surface area contributed by atoms with E-state index >= 15 is 0 Å². The van der Waals surface area contributed by atoms with Gasteiger partial charge < -0.3 is 19.5 Å². The van der Waals surface area contributed by atoms with Gasteiger partial charge in [-0.2, -0.15) is 0 Å². The smallest absolute Gasteiger partial charge is 0.251 e. The first-order chi connectivity index (χ1) is 13.5. The molecule has 0 saturated carbocycles. The van der Waals surface area contributed by atoms with Crippen molar-refractivity contribution in [3.63, 3.8) is 0 Å². The number of carbonyl (C=O) groups is 1. The van der Waals surface area contributed by atoms with Crippen LogP contribution in [0.2, 0.25) is 0 Å². The first-order valence-electron chi connectivity index (χ1n) is 9.08. The highest BCUT2D eigenvalue weighted by Crippen LogP contribution is 2.23. The van der Waals surface area contributed by atoms with Crippen molar-refractivity contribution in [2.24, 2.45) is 0 Å². The summed E-state index contributed by atoms with van der Waals surface area (Å²) in [6, 6.07) is 11.5. The Bertz CT molecular complexity index is 899. The normalized spacial score (nSPS) is 12.2. The van der Waals surface area contributed by atoms with E-state index in [4.69, 9.17) is 9.26 Å². The van der Waals surface area contributed by atoms with Gasteiger partial charge in [0.15, 0.2) is 0 Å². The topological polar surface area (TPSA) is 67.6 Å². The summed E-state index contributed by atoms with van der Waals surface area (Å²) in [7, 11) is 4.03. The SMILES string of the molecule is Cc1noc(C)c1COc1cccc(C(=O)NC[C@H](c2cccs2)N(C)C)c1. The Hall–Kier alpha value is -2.64. The predicted molar refractivity (Wildman–Crippen MR) is 110 cm³/mol. The van der Waals surface area contributed by atoms with Gasteiger partial charge in [-0.25, -0.2) is 0 Å². The minimum absolute atomic E-state index is 0.119. The highest BCUT2D eigenvalue weighted by molar-refractivity contribution is 7.10. The van der Waals surface area contributed by atoms with Crippen molar-refractivity contribution in [2.75, 3.05) is 20.6 Å². The van der Waals surface area contributed by atoms with Crippen LogP contribution in [0, 0.1) is 13.8 Å². The number of nitrogens with zero attached hydrogens (tertiary/aromatic N) is 2. The molecule has 0 saturated heterocycles. The number of rotatable bonds is 8. The van der Waals surface area contributed by atoms with Crippen molar-refractivity contribution < 1.29 is 14.1 Å². The van der Waals surface area contributed by atoms with Crippen LogP contribution in [0.4, 0.5) is 0 Å². The second-order valence-electron chi connectivity index (χ2n) is 6.82. The van der Waals surface area contributed by atoms with Crippen molar-refractivity contribution in [2.45, 2.75) is 26.5 Å². The van der Waals surface area contributed by atoms with Crippen LogP contribution in [0.3, 0.4) is 0 Å². The van der Waals surface area contributed by atoms with Gasteiger partial charge in [0.25, 0.3) is 5.91 Å². The van der Waals surface area contributed by atoms with Gasteiger partial charge in [0.2, 0.25) is 0 Å². The van der Waals surface area contributed by atoms with E-state index in [9.17, 15) is 4.79 Å². The molecule has 1 N–H and O–H groups in total. The van der Waals surface area contributed by atoms with E-state index in [-0.39, 0.29) is 11.9 Å². The number of carbonyl (C=O) groups excluding carboxylic acids is 1. The molecule has 2 aromatic heterocycles. The Labute approximate surface area is 169 Å². The van der Waals surface area contributed by atoms with Crippen LogP contribution < -0.4 is 10.1 Å². The molecule has 0 fully saturated rings. The maximum atomic E-state index is 12.6. The minimum Gasteiger partial charge on any atom is -0.489 e. The number of likely N-dealkylation sites (N-methyl/N-ethyl adjacent to an activating group) is 1. The molecule has 7 heteroatoms. The van der Waals surface area contributed by atoms with Gasteiger partial charge in [-0.05, 0) is 57.6 Å². The van der Waals surface area contributed by atoms with Crippen LogP contribution in [-0.4, -0.2) is 36.6 Å². The molecule has 148 valence electrons. The number of ether oxygens (including phenoxy) is 1. The third kappa shape index (κ3) is 4.79. The molecular formula is C21H25N3O3S. The van der Waals surface area contributed by atoms with Crippen molar-refractivity contribution in [3.8, 4) is 5.75 Å². The Morgan fingerprint density at radius 3 is 2.75 bits per heavy atom. The monoisotopic (exact) mass is 399 g/mol. The van der Waals surface area contributed by atoms with Crippen LogP contribution in [-0.2, 0) is 6.61 Å². The summed E-state index contributed by atoms with van der Waals surface area (Å²) < 4.78 is 11.0. The van der Waals surface area contributed by atoms with E-state index in [2.05, 4.69) is 21.4 Å². The number of hydrogen-bond donors (Lipinski definition) is 1. The minimum atomic E-state index is -0.119. The zero-order chi connectivity index (χ0) is 20.1. The number of aryl methyl sites for hydroxylation is 2. The molecule has 1 amide bonds. The number of nitrogens with one attached hydrogen (secondary N) is 1. The molecule has 3 rings (SSSR count). The Morgan fingerprint density at radius 1 is 1.29 bits per heavy atom. The Kier molecular flexibility index (Phi) is 6.49. The van der Waals surface area contributed by atoms with Gasteiger partial charge >= 0.3 is 0 Å². The fraction of sp³-hybridized carbons (Fsp3) is 0.333. The molecule has 0 bridgehead atoms. The summed E-state index contributed by atoms with van der Waals surface area (Å²) in [5, 5.41) is 9.01. The summed E-state index contributed by atoms with van der Waals surface area (Å²) in [4.78, 5) is 16.0. The Morgan fingerprint density at radius 2 is 2.11 bits per heavy atom. The van der Waals surface area contributed by atoms with Crippen LogP contribution in [0.1, 0.15) is 38.3 Å². The number of benzene rings is 1. The summed E-state index contributed by atoms with van der Waals surface area (Å²) in [6.07, 6.45) is 0. The molecule has 1 aromatic carbocycles. The van der Waals surface area contributed by atoms with Crippen molar-refractivity contribution in [1.29, 1.82) is 0 Å². The largest absolute Gasteiger partial charge is 0.489 e. The van der Waals surface area contributed by atoms with Crippen LogP contribution in [0.5, 0.6) is 5.75 Å². The summed E-state index contributed by atoms with van der Waals surface area (Å²) in [5.41, 5.74) is 2.31. The van der Waals surface area contributed by atoms with Gasteiger partial charge in [0.1, 0.15) is 18.1 Å². The maximum Gasteiger partial charge on any atom is 0.251 e. The lowest BCUT2D eigenvalue weighted by Crippen LogP contribution is -2.34. The molecule has 3 aromatic rings. The van der Waals surface area contributed by atoms with Gasteiger partial charge in [-0.15, -0.1) is 11.3 Å². The lowest BCUT2D eigenvalue weighted by Gasteiger charge is -2.23. The molecular weight excluding hydrogens is 374 g/mol. The highest BCUT2D eigenvalue weighted by atomic mass is 32.1. The molecule has 2 heterocycles. The van der Waals surface area contributed by atoms with Crippen molar-refractivity contribution >= 4 is 17.2 Å². The van der Waals surface area contributed by atoms with Crippen LogP contribution >= 0.6 is 11.3 Å². The standard InChI is InChI=1S/C21H25N3O3S/c1-14-18(15(2)27-23-14)13-26-17-8-5-7-16(11-17)21(25)22-12-19(24(3)4)20-9-6-10-28-20/h5-11,19H,12-13H2,1-4H3,(H,22,25)/t19-/m1/s1. The van der Waals surface area contributed by atoms with E-state index < -0.39 is 0 Å². The van der Waals surface area contributed by atoms with Crippen LogP contribution in [0.15, 0.2) is 46.3 Å². The quantitative estimate of drug-likeness (QED) is 0.621. The third-order valence-corrected chi connectivity index (χ3v) is 5.59. The van der Waals surface area contributed by atoms with Crippen molar-refractivity contribution in [1.82, 2.24) is 15.4 Å². The van der Waals surface area contributed by atoms with Gasteiger partial charge in [-0.3, -0.25) is 4.79 Å². The second-order valence-corrected chi connectivity index (χ2v) is 7.80. The summed E-state index contributed by atoms with van der Waals surface area (Å²) >= 11 is 1.69. The third-order valence-electron chi connectivity index (χ3n) is 4.61. The van der Waals surface area contributed by atoms with E-state index in [1.54, 1.807) is 23.5 Å². The number of hydrogen-bond acceptors (Lipinski definition) is 6. The van der Waals surface area contributed by atoms with E-state index in [0.29, 0.717) is 24.5 Å². The summed E-state index contributed by atoms with van der Waals surface area (Å²) in [5.74, 6) is 1.26. The molecule has 0 spiro atoms. The fourth-order valence-electron chi connectivity index (χ4n) is 2.90. The highest BCUT2D eigenvalue weighted by Gasteiger charge is 2.17. The number of amides is 1. The zero-order valence-corrected chi connectivity index (χ0v) is 17.4. The first-order valence-corrected chi connectivity index (χ1v) is 9.96. The van der Waals surface area contributed by atoms with Crippen LogP contribution in [0.25, 0.3) is 0 Å². The first kappa shape index (κ1) is 20.1. The molecule has 0 radical (unpaired) electrons. The Balaban J connectivity index is 1.62. The average molecular weight is 400 g/mol. The molecule has 1 atom stereocenters.